The van der Waals surface area contributed by atoms with Crippen molar-refractivity contribution < 1.29 is 9.32 Å². The van der Waals surface area contributed by atoms with Crippen LogP contribution in [0.25, 0.3) is 11.4 Å². The van der Waals surface area contributed by atoms with E-state index in [1.807, 2.05) is 54.6 Å². The number of rotatable bonds is 6. The Morgan fingerprint density at radius 2 is 1.89 bits per heavy atom. The normalized spacial score (nSPS) is 15.1. The Morgan fingerprint density at radius 3 is 2.56 bits per heavy atom. The fourth-order valence-electron chi connectivity index (χ4n) is 3.10. The summed E-state index contributed by atoms with van der Waals surface area (Å²) in [5.41, 5.74) is 1.98. The van der Waals surface area contributed by atoms with Gasteiger partial charge in [0.15, 0.2) is 0 Å². The standard InChI is InChI=1S/C21H20BrN3O2/c22-17-11-9-15(10-12-17)19-24-21(27-25-19)18(13-14-5-2-1-3-6-14)23-20(26)16-7-4-8-16/h1-3,5-6,9-12,16,18H,4,7-8,13H2,(H,23,26)/t18-/m1/s1. The van der Waals surface area contributed by atoms with Crippen LogP contribution in [0.15, 0.2) is 63.6 Å². The molecule has 0 bridgehead atoms. The lowest BCUT2D eigenvalue weighted by Crippen LogP contribution is -2.37. The number of aromatic nitrogens is 2. The third-order valence-corrected chi connectivity index (χ3v) is 5.45. The van der Waals surface area contributed by atoms with Crippen LogP contribution in [0.1, 0.15) is 36.8 Å². The van der Waals surface area contributed by atoms with Crippen LogP contribution in [-0.2, 0) is 11.2 Å². The minimum Gasteiger partial charge on any atom is -0.344 e. The Kier molecular flexibility index (Phi) is 5.34. The molecule has 1 aliphatic carbocycles. The van der Waals surface area contributed by atoms with Crippen LogP contribution in [0.2, 0.25) is 0 Å². The summed E-state index contributed by atoms with van der Waals surface area (Å²) in [6.07, 6.45) is 3.65. The molecule has 6 heteroatoms. The van der Waals surface area contributed by atoms with Crippen LogP contribution in [0, 0.1) is 5.92 Å². The van der Waals surface area contributed by atoms with Crippen molar-refractivity contribution in [3.8, 4) is 11.4 Å². The lowest BCUT2D eigenvalue weighted by Gasteiger charge is -2.26. The van der Waals surface area contributed by atoms with E-state index in [2.05, 4.69) is 31.4 Å². The number of carbonyl (C=O) groups is 1. The quantitative estimate of drug-likeness (QED) is 0.621. The van der Waals surface area contributed by atoms with Crippen molar-refractivity contribution in [1.29, 1.82) is 0 Å². The summed E-state index contributed by atoms with van der Waals surface area (Å²) < 4.78 is 6.52. The first kappa shape index (κ1) is 17.9. The maximum Gasteiger partial charge on any atom is 0.249 e. The van der Waals surface area contributed by atoms with Crippen LogP contribution in [-0.4, -0.2) is 16.0 Å². The number of benzene rings is 2. The highest BCUT2D eigenvalue weighted by molar-refractivity contribution is 9.10. The molecule has 0 radical (unpaired) electrons. The molecule has 1 saturated carbocycles. The predicted molar refractivity (Wildman–Crippen MR) is 106 cm³/mol. The van der Waals surface area contributed by atoms with Gasteiger partial charge >= 0.3 is 0 Å². The highest BCUT2D eigenvalue weighted by Crippen LogP contribution is 2.28. The maximum absolute atomic E-state index is 12.5. The number of halogens is 1. The molecule has 1 fully saturated rings. The lowest BCUT2D eigenvalue weighted by atomic mass is 9.84. The molecule has 0 spiro atoms. The van der Waals surface area contributed by atoms with E-state index in [1.54, 1.807) is 0 Å². The van der Waals surface area contributed by atoms with E-state index >= 15 is 0 Å². The molecule has 1 heterocycles. The van der Waals surface area contributed by atoms with E-state index in [0.29, 0.717) is 18.1 Å². The second kappa shape index (κ2) is 8.05. The molecule has 4 rings (SSSR count). The molecule has 1 atom stereocenters. The van der Waals surface area contributed by atoms with Gasteiger partial charge in [0.1, 0.15) is 6.04 Å². The number of amides is 1. The highest BCUT2D eigenvalue weighted by Gasteiger charge is 2.29. The van der Waals surface area contributed by atoms with Crippen LogP contribution >= 0.6 is 15.9 Å². The number of nitrogens with one attached hydrogen (secondary N) is 1. The van der Waals surface area contributed by atoms with Crippen molar-refractivity contribution in [1.82, 2.24) is 15.5 Å². The largest absolute Gasteiger partial charge is 0.344 e. The Hall–Kier alpha value is -2.47. The van der Waals surface area contributed by atoms with Gasteiger partial charge in [-0.15, -0.1) is 0 Å². The van der Waals surface area contributed by atoms with Crippen molar-refractivity contribution in [3.63, 3.8) is 0 Å². The third-order valence-electron chi connectivity index (χ3n) is 4.92. The van der Waals surface area contributed by atoms with E-state index in [4.69, 9.17) is 4.52 Å². The molecule has 1 N–H and O–H groups in total. The van der Waals surface area contributed by atoms with Gasteiger partial charge in [-0.2, -0.15) is 4.98 Å². The van der Waals surface area contributed by atoms with Crippen molar-refractivity contribution in [2.45, 2.75) is 31.7 Å². The Bertz CT molecular complexity index is 905. The summed E-state index contributed by atoms with van der Waals surface area (Å²) in [6, 6.07) is 17.4. The molecule has 138 valence electrons. The molecule has 3 aromatic rings. The average molecular weight is 426 g/mol. The fourth-order valence-corrected chi connectivity index (χ4v) is 3.37. The highest BCUT2D eigenvalue weighted by atomic mass is 79.9. The van der Waals surface area contributed by atoms with Crippen LogP contribution in [0.4, 0.5) is 0 Å². The summed E-state index contributed by atoms with van der Waals surface area (Å²) in [7, 11) is 0. The SMILES string of the molecule is O=C(N[C@H](Cc1ccccc1)c1nc(-c2ccc(Br)cc2)no1)C1CCC1. The number of nitrogens with zero attached hydrogens (tertiary/aromatic N) is 2. The minimum absolute atomic E-state index is 0.0746. The van der Waals surface area contributed by atoms with Gasteiger partial charge in [-0.3, -0.25) is 4.79 Å². The van der Waals surface area contributed by atoms with Gasteiger partial charge in [0.25, 0.3) is 0 Å². The Morgan fingerprint density at radius 1 is 1.15 bits per heavy atom. The van der Waals surface area contributed by atoms with Crippen molar-refractivity contribution in [2.75, 3.05) is 0 Å². The fraction of sp³-hybridized carbons (Fsp3) is 0.286. The summed E-state index contributed by atoms with van der Waals surface area (Å²) in [6.45, 7) is 0. The van der Waals surface area contributed by atoms with Gasteiger partial charge in [0, 0.05) is 22.4 Å². The molecular formula is C21H20BrN3O2. The summed E-state index contributed by atoms with van der Waals surface area (Å²) in [5, 5.41) is 7.23. The summed E-state index contributed by atoms with van der Waals surface area (Å²) in [5.74, 6) is 1.14. The maximum atomic E-state index is 12.5. The average Bonchev–Trinajstić information content (AvgIpc) is 3.11. The predicted octanol–water partition coefficient (Wildman–Crippen LogP) is 4.70. The van der Waals surface area contributed by atoms with E-state index in [9.17, 15) is 4.79 Å². The van der Waals surface area contributed by atoms with E-state index in [0.717, 1.165) is 34.9 Å². The first-order valence-corrected chi connectivity index (χ1v) is 9.92. The van der Waals surface area contributed by atoms with Gasteiger partial charge in [0.05, 0.1) is 0 Å². The molecular weight excluding hydrogens is 406 g/mol. The topological polar surface area (TPSA) is 68.0 Å². The molecule has 0 unspecified atom stereocenters. The van der Waals surface area contributed by atoms with Gasteiger partial charge in [-0.05, 0) is 42.7 Å². The summed E-state index contributed by atoms with van der Waals surface area (Å²) in [4.78, 5) is 17.1. The minimum atomic E-state index is -0.336. The zero-order valence-electron chi connectivity index (χ0n) is 14.8. The second-order valence-electron chi connectivity index (χ2n) is 6.84. The zero-order valence-corrected chi connectivity index (χ0v) is 16.4. The van der Waals surface area contributed by atoms with Crippen LogP contribution < -0.4 is 5.32 Å². The summed E-state index contributed by atoms with van der Waals surface area (Å²) >= 11 is 3.42. The lowest BCUT2D eigenvalue weighted by molar-refractivity contribution is -0.128. The van der Waals surface area contributed by atoms with Gasteiger partial charge in [-0.25, -0.2) is 0 Å². The molecule has 1 aliphatic rings. The number of carbonyl (C=O) groups excluding carboxylic acids is 1. The third kappa shape index (κ3) is 4.27. The van der Waals surface area contributed by atoms with E-state index in [-0.39, 0.29) is 17.9 Å². The van der Waals surface area contributed by atoms with E-state index in [1.165, 1.54) is 0 Å². The first-order valence-electron chi connectivity index (χ1n) is 9.13. The molecule has 27 heavy (non-hydrogen) atoms. The van der Waals surface area contributed by atoms with Crippen molar-refractivity contribution in [2.24, 2.45) is 5.92 Å². The van der Waals surface area contributed by atoms with Gasteiger partial charge in [0.2, 0.25) is 17.6 Å². The molecule has 0 saturated heterocycles. The molecule has 0 aliphatic heterocycles. The van der Waals surface area contributed by atoms with Crippen molar-refractivity contribution >= 4 is 21.8 Å². The number of hydrogen-bond donors (Lipinski definition) is 1. The smallest absolute Gasteiger partial charge is 0.249 e. The van der Waals surface area contributed by atoms with Gasteiger partial charge in [-0.1, -0.05) is 57.8 Å². The monoisotopic (exact) mass is 425 g/mol. The Labute approximate surface area is 166 Å². The first-order chi connectivity index (χ1) is 13.2. The molecule has 1 aromatic heterocycles. The van der Waals surface area contributed by atoms with E-state index < -0.39 is 0 Å². The van der Waals surface area contributed by atoms with Crippen LogP contribution in [0.5, 0.6) is 0 Å². The zero-order chi connectivity index (χ0) is 18.6. The molecule has 5 nitrogen and oxygen atoms in total. The second-order valence-corrected chi connectivity index (χ2v) is 7.76. The Balaban J connectivity index is 1.57. The molecule has 1 amide bonds. The van der Waals surface area contributed by atoms with Gasteiger partial charge < -0.3 is 9.84 Å². The molecule has 2 aromatic carbocycles. The van der Waals surface area contributed by atoms with Crippen LogP contribution in [0.3, 0.4) is 0 Å². The number of hydrogen-bond acceptors (Lipinski definition) is 4. The van der Waals surface area contributed by atoms with Crippen molar-refractivity contribution in [3.05, 3.63) is 70.5 Å².